The molecule has 0 unspecified atom stereocenters. The molecule has 1 aliphatic heterocycles. The predicted molar refractivity (Wildman–Crippen MR) is 125 cm³/mol. The number of nitrogens with zero attached hydrogens (tertiary/aromatic N) is 2. The summed E-state index contributed by atoms with van der Waals surface area (Å²) in [4.78, 5) is 19.6. The molecular weight excluding hydrogens is 442 g/mol. The number of benzene rings is 1. The second kappa shape index (κ2) is 8.13. The Balaban J connectivity index is 1.63. The number of hydrogen-bond donors (Lipinski definition) is 1. The molecule has 176 valence electrons. The zero-order valence-corrected chi connectivity index (χ0v) is 20.4. The summed E-state index contributed by atoms with van der Waals surface area (Å²) in [7, 11) is -2.39. The van der Waals surface area contributed by atoms with Crippen LogP contribution in [0.3, 0.4) is 0 Å². The van der Waals surface area contributed by atoms with Gasteiger partial charge in [0.1, 0.15) is 11.5 Å². The van der Waals surface area contributed by atoms with Crippen molar-refractivity contribution < 1.29 is 22.1 Å². The van der Waals surface area contributed by atoms with Crippen molar-refractivity contribution in [3.8, 4) is 11.5 Å². The van der Waals surface area contributed by atoms with Gasteiger partial charge in [0.05, 0.1) is 19.9 Å². The van der Waals surface area contributed by atoms with Crippen molar-refractivity contribution in [2.24, 2.45) is 0 Å². The van der Waals surface area contributed by atoms with E-state index in [-0.39, 0.29) is 29.7 Å². The van der Waals surface area contributed by atoms with Gasteiger partial charge in [0.15, 0.2) is 17.3 Å². The lowest BCUT2D eigenvalue weighted by Gasteiger charge is -2.25. The first-order chi connectivity index (χ1) is 15.4. The third-order valence-electron chi connectivity index (χ3n) is 5.86. The van der Waals surface area contributed by atoms with Crippen molar-refractivity contribution in [1.82, 2.24) is 9.88 Å². The summed E-state index contributed by atoms with van der Waals surface area (Å²) < 4.78 is 34.3. The summed E-state index contributed by atoms with van der Waals surface area (Å²) >= 11 is 0. The second-order valence-corrected chi connectivity index (χ2v) is 11.3. The van der Waals surface area contributed by atoms with Crippen LogP contribution >= 0.6 is 0 Å². The molecule has 2 heterocycles. The number of aromatic nitrogens is 1. The average Bonchev–Trinajstić information content (AvgIpc) is 3.51. The van der Waals surface area contributed by atoms with E-state index in [4.69, 9.17) is 14.3 Å². The highest BCUT2D eigenvalue weighted by Gasteiger charge is 2.32. The van der Waals surface area contributed by atoms with Crippen LogP contribution in [0.15, 0.2) is 24.3 Å². The zero-order chi connectivity index (χ0) is 24.1. The van der Waals surface area contributed by atoms with Crippen LogP contribution in [0, 0.1) is 5.41 Å². The van der Waals surface area contributed by atoms with Gasteiger partial charge in [0.25, 0.3) is 0 Å². The molecule has 1 aromatic carbocycles. The van der Waals surface area contributed by atoms with Gasteiger partial charge in [-0.2, -0.15) is 8.42 Å². The van der Waals surface area contributed by atoms with Crippen molar-refractivity contribution in [3.63, 3.8) is 0 Å². The molecule has 1 aliphatic carbocycles. The molecular formula is C24H29N3O5S. The first-order valence-corrected chi connectivity index (χ1v) is 12.7. The number of pyridine rings is 1. The Kier molecular flexibility index (Phi) is 5.72. The molecule has 1 aromatic heterocycles. The minimum absolute atomic E-state index is 0.0219. The fourth-order valence-corrected chi connectivity index (χ4v) is 4.48. The second-order valence-electron chi connectivity index (χ2n) is 9.74. The molecule has 2 aliphatic rings. The number of methoxy groups -OCH3 is 1. The molecule has 8 nitrogen and oxygen atoms in total. The average molecular weight is 472 g/mol. The highest BCUT2D eigenvalue weighted by atomic mass is 32.2. The molecule has 0 amide bonds. The molecule has 0 spiro atoms. The molecule has 33 heavy (non-hydrogen) atoms. The van der Waals surface area contributed by atoms with Gasteiger partial charge in [-0.25, -0.2) is 4.98 Å². The number of Topliss-reactive ketones (excluding diaryl/α,β-unsaturated/α-hetero) is 1. The van der Waals surface area contributed by atoms with Crippen LogP contribution in [0.25, 0.3) is 0 Å². The van der Waals surface area contributed by atoms with Crippen molar-refractivity contribution in [2.75, 3.05) is 19.9 Å². The first kappa shape index (κ1) is 23.2. The molecule has 1 fully saturated rings. The lowest BCUT2D eigenvalue weighted by molar-refractivity contribution is 0.0962. The lowest BCUT2D eigenvalue weighted by Crippen LogP contribution is -2.30. The fourth-order valence-electron chi connectivity index (χ4n) is 4.03. The largest absolute Gasteiger partial charge is 0.492 e. The molecule has 1 saturated carbocycles. The van der Waals surface area contributed by atoms with Gasteiger partial charge in [-0.3, -0.25) is 10.2 Å². The molecule has 2 aromatic rings. The molecule has 0 saturated heterocycles. The third-order valence-corrected chi connectivity index (χ3v) is 6.34. The number of rotatable bonds is 7. The maximum Gasteiger partial charge on any atom is 0.306 e. The summed E-state index contributed by atoms with van der Waals surface area (Å²) in [6.07, 6.45) is 3.21. The number of fused-ring (bicyclic) bond motifs is 1. The van der Waals surface area contributed by atoms with E-state index in [2.05, 4.69) is 4.98 Å². The van der Waals surface area contributed by atoms with Crippen molar-refractivity contribution >= 4 is 21.7 Å². The Morgan fingerprint density at radius 2 is 1.94 bits per heavy atom. The van der Waals surface area contributed by atoms with E-state index >= 15 is 0 Å². The van der Waals surface area contributed by atoms with Gasteiger partial charge in [0.2, 0.25) is 0 Å². The highest BCUT2D eigenvalue weighted by molar-refractivity contribution is 7.86. The Labute approximate surface area is 194 Å². The van der Waals surface area contributed by atoms with Crippen LogP contribution in [-0.2, 0) is 22.1 Å². The van der Waals surface area contributed by atoms with Crippen molar-refractivity contribution in [3.05, 3.63) is 52.3 Å². The number of nitrogens with one attached hydrogen (secondary N) is 1. The van der Waals surface area contributed by atoms with E-state index in [1.165, 1.54) is 13.2 Å². The molecule has 4 rings (SSSR count). The zero-order valence-electron chi connectivity index (χ0n) is 19.6. The Hall–Kier alpha value is -2.94. The van der Waals surface area contributed by atoms with E-state index in [1.807, 2.05) is 32.9 Å². The van der Waals surface area contributed by atoms with E-state index in [0.29, 0.717) is 29.3 Å². The van der Waals surface area contributed by atoms with Gasteiger partial charge in [-0.15, -0.1) is 0 Å². The van der Waals surface area contributed by atoms with Crippen LogP contribution in [0.4, 0.5) is 0 Å². The lowest BCUT2D eigenvalue weighted by atomic mass is 9.84. The van der Waals surface area contributed by atoms with Gasteiger partial charge in [-0.1, -0.05) is 26.8 Å². The minimum atomic E-state index is -3.83. The maximum atomic E-state index is 13.3. The van der Waals surface area contributed by atoms with Crippen LogP contribution in [0.2, 0.25) is 0 Å². The van der Waals surface area contributed by atoms with Gasteiger partial charge < -0.3 is 13.8 Å². The highest BCUT2D eigenvalue weighted by Crippen LogP contribution is 2.41. The van der Waals surface area contributed by atoms with Crippen LogP contribution in [0.1, 0.15) is 72.4 Å². The number of carbonyl (C=O) groups is 1. The topological polar surface area (TPSA) is 110 Å². The molecule has 0 radical (unpaired) electrons. The molecule has 0 atom stereocenters. The van der Waals surface area contributed by atoms with E-state index in [0.717, 1.165) is 30.4 Å². The summed E-state index contributed by atoms with van der Waals surface area (Å²) in [6.45, 7) is 6.24. The number of ketones is 1. The van der Waals surface area contributed by atoms with E-state index in [9.17, 15) is 13.2 Å². The van der Waals surface area contributed by atoms with E-state index < -0.39 is 15.5 Å². The Morgan fingerprint density at radius 1 is 1.24 bits per heavy atom. The Morgan fingerprint density at radius 3 is 2.52 bits per heavy atom. The smallest absolute Gasteiger partial charge is 0.306 e. The van der Waals surface area contributed by atoms with Gasteiger partial charge in [0, 0.05) is 34.8 Å². The third kappa shape index (κ3) is 4.88. The van der Waals surface area contributed by atoms with Gasteiger partial charge >= 0.3 is 10.1 Å². The monoisotopic (exact) mass is 471 g/mol. The summed E-state index contributed by atoms with van der Waals surface area (Å²) in [5.74, 6) is 0.732. The summed E-state index contributed by atoms with van der Waals surface area (Å²) in [6, 6.07) is 7.13. The normalized spacial score (nSPS) is 16.0. The SMILES string of the molecule is COc1c(OS(C)(=O)=O)cc(C(=O)CN2Cc3ccc(C4CC4)nc3C2=N)cc1C(C)(C)C. The van der Waals surface area contributed by atoms with Crippen molar-refractivity contribution in [1.29, 1.82) is 5.41 Å². The minimum Gasteiger partial charge on any atom is -0.492 e. The Bertz CT molecular complexity index is 1240. The number of carbonyl (C=O) groups excluding carboxylic acids is 1. The number of ether oxygens (including phenoxy) is 1. The quantitative estimate of drug-likeness (QED) is 0.485. The maximum absolute atomic E-state index is 13.3. The van der Waals surface area contributed by atoms with E-state index in [1.54, 1.807) is 11.0 Å². The van der Waals surface area contributed by atoms with Crippen LogP contribution in [0.5, 0.6) is 11.5 Å². The van der Waals surface area contributed by atoms with Gasteiger partial charge in [-0.05, 0) is 36.5 Å². The standard InChI is InChI=1S/C24H29N3O5S/c1-24(2,3)17-10-16(11-20(22(17)31-4)32-33(5,29)30)19(28)13-27-12-15-8-9-18(14-6-7-14)26-21(15)23(27)25/h8-11,14,25H,6-7,12-13H2,1-5H3. The summed E-state index contributed by atoms with van der Waals surface area (Å²) in [5, 5.41) is 8.55. The molecule has 9 heteroatoms. The first-order valence-electron chi connectivity index (χ1n) is 10.9. The fraction of sp³-hybridized carbons (Fsp3) is 0.458. The number of hydrogen-bond acceptors (Lipinski definition) is 7. The number of amidine groups is 1. The van der Waals surface area contributed by atoms with Crippen molar-refractivity contribution in [2.45, 2.75) is 51.5 Å². The van der Waals surface area contributed by atoms with Crippen LogP contribution in [-0.4, -0.2) is 49.8 Å². The molecule has 0 bridgehead atoms. The predicted octanol–water partition coefficient (Wildman–Crippen LogP) is 3.63. The summed E-state index contributed by atoms with van der Waals surface area (Å²) in [5.41, 5.74) is 3.11. The van der Waals surface area contributed by atoms with Crippen LogP contribution < -0.4 is 8.92 Å². The molecule has 1 N–H and O–H groups in total.